The Morgan fingerprint density at radius 1 is 1.04 bits per heavy atom. The molecule has 4 aromatic rings. The van der Waals surface area contributed by atoms with E-state index in [0.29, 0.717) is 17.4 Å². The molecule has 0 aliphatic heterocycles. The van der Waals surface area contributed by atoms with Gasteiger partial charge in [0.1, 0.15) is 0 Å². The van der Waals surface area contributed by atoms with Gasteiger partial charge in [0.05, 0.1) is 11.4 Å². The van der Waals surface area contributed by atoms with Crippen molar-refractivity contribution in [2.45, 2.75) is 20.3 Å². The number of benzene rings is 2. The van der Waals surface area contributed by atoms with E-state index in [0.717, 1.165) is 23.4 Å². The summed E-state index contributed by atoms with van der Waals surface area (Å²) in [5.41, 5.74) is 4.57. The fraction of sp³-hybridized carbons (Fsp3) is 0.158. The first-order valence-corrected chi connectivity index (χ1v) is 8.17. The summed E-state index contributed by atoms with van der Waals surface area (Å²) >= 11 is 0. The zero-order valence-electron chi connectivity index (χ0n) is 14.0. The van der Waals surface area contributed by atoms with Crippen molar-refractivity contribution in [2.75, 3.05) is 0 Å². The molecule has 0 amide bonds. The standard InChI is InChI=1S/C19H17N5O/c1-3-14-8-7-11-16(12-14)24-13(2)17(21-23-24)19-20-18(22-25-19)15-9-5-4-6-10-15/h4-12H,3H2,1-2H3. The van der Waals surface area contributed by atoms with Crippen LogP contribution in [-0.2, 0) is 6.42 Å². The van der Waals surface area contributed by atoms with Gasteiger partial charge >= 0.3 is 0 Å². The number of hydrogen-bond acceptors (Lipinski definition) is 5. The lowest BCUT2D eigenvalue weighted by molar-refractivity contribution is 0.430. The maximum atomic E-state index is 5.40. The van der Waals surface area contributed by atoms with Crippen molar-refractivity contribution in [3.63, 3.8) is 0 Å². The maximum absolute atomic E-state index is 5.40. The van der Waals surface area contributed by atoms with Crippen molar-refractivity contribution in [2.24, 2.45) is 0 Å². The van der Waals surface area contributed by atoms with Gasteiger partial charge in [0.25, 0.3) is 5.89 Å². The van der Waals surface area contributed by atoms with Crippen LogP contribution in [0.2, 0.25) is 0 Å². The summed E-state index contributed by atoms with van der Waals surface area (Å²) in [6.45, 7) is 4.07. The van der Waals surface area contributed by atoms with Gasteiger partial charge in [0.2, 0.25) is 5.82 Å². The van der Waals surface area contributed by atoms with Crippen LogP contribution in [0, 0.1) is 6.92 Å². The number of aromatic nitrogens is 5. The van der Waals surface area contributed by atoms with E-state index >= 15 is 0 Å². The van der Waals surface area contributed by atoms with Crippen LogP contribution in [0.3, 0.4) is 0 Å². The Morgan fingerprint density at radius 3 is 2.68 bits per heavy atom. The Hall–Kier alpha value is -3.28. The Morgan fingerprint density at radius 2 is 1.88 bits per heavy atom. The third kappa shape index (κ3) is 2.82. The summed E-state index contributed by atoms with van der Waals surface area (Å²) in [6.07, 6.45) is 0.971. The molecule has 0 atom stereocenters. The van der Waals surface area contributed by atoms with E-state index in [1.807, 2.05) is 49.4 Å². The molecule has 0 spiro atoms. The third-order valence-corrected chi connectivity index (χ3v) is 4.12. The van der Waals surface area contributed by atoms with E-state index in [-0.39, 0.29) is 0 Å². The van der Waals surface area contributed by atoms with Crippen LogP contribution in [0.25, 0.3) is 28.7 Å². The van der Waals surface area contributed by atoms with Crippen molar-refractivity contribution in [3.8, 4) is 28.7 Å². The molecule has 0 aliphatic carbocycles. The van der Waals surface area contributed by atoms with Gasteiger partial charge in [-0.1, -0.05) is 59.8 Å². The van der Waals surface area contributed by atoms with Crippen LogP contribution < -0.4 is 0 Å². The van der Waals surface area contributed by atoms with E-state index in [1.54, 1.807) is 4.68 Å². The molecular formula is C19H17N5O. The van der Waals surface area contributed by atoms with Gasteiger partial charge in [-0.15, -0.1) is 5.10 Å². The van der Waals surface area contributed by atoms with Crippen molar-refractivity contribution in [1.29, 1.82) is 0 Å². The van der Waals surface area contributed by atoms with E-state index in [9.17, 15) is 0 Å². The smallest absolute Gasteiger partial charge is 0.280 e. The molecule has 0 saturated carbocycles. The Labute approximate surface area is 145 Å². The first kappa shape index (κ1) is 15.3. The lowest BCUT2D eigenvalue weighted by Gasteiger charge is -2.04. The van der Waals surface area contributed by atoms with Crippen molar-refractivity contribution >= 4 is 0 Å². The normalized spacial score (nSPS) is 11.0. The van der Waals surface area contributed by atoms with Gasteiger partial charge in [0.15, 0.2) is 5.69 Å². The molecule has 0 N–H and O–H groups in total. The zero-order valence-corrected chi connectivity index (χ0v) is 14.0. The number of rotatable bonds is 4. The van der Waals surface area contributed by atoms with Crippen molar-refractivity contribution in [1.82, 2.24) is 25.1 Å². The molecule has 4 rings (SSSR count). The SMILES string of the molecule is CCc1cccc(-n2nnc(-c3nc(-c4ccccc4)no3)c2C)c1. The maximum Gasteiger partial charge on any atom is 0.280 e. The summed E-state index contributed by atoms with van der Waals surface area (Å²) in [6, 6.07) is 17.9. The highest BCUT2D eigenvalue weighted by atomic mass is 16.5. The average molecular weight is 331 g/mol. The van der Waals surface area contributed by atoms with Gasteiger partial charge < -0.3 is 4.52 Å². The second kappa shape index (κ2) is 6.32. The highest BCUT2D eigenvalue weighted by Crippen LogP contribution is 2.24. The van der Waals surface area contributed by atoms with Crippen LogP contribution in [0.15, 0.2) is 59.1 Å². The molecule has 0 aliphatic rings. The molecule has 124 valence electrons. The number of hydrogen-bond donors (Lipinski definition) is 0. The van der Waals surface area contributed by atoms with Gasteiger partial charge in [-0.05, 0) is 31.0 Å². The highest BCUT2D eigenvalue weighted by molar-refractivity contribution is 5.59. The molecule has 2 heterocycles. The second-order valence-corrected chi connectivity index (χ2v) is 5.75. The topological polar surface area (TPSA) is 69.6 Å². The summed E-state index contributed by atoms with van der Waals surface area (Å²) in [4.78, 5) is 4.46. The molecule has 0 unspecified atom stereocenters. The minimum Gasteiger partial charge on any atom is -0.332 e. The van der Waals surface area contributed by atoms with Crippen molar-refractivity contribution < 1.29 is 4.52 Å². The third-order valence-electron chi connectivity index (χ3n) is 4.12. The van der Waals surface area contributed by atoms with Gasteiger partial charge in [0, 0.05) is 5.56 Å². The quantitative estimate of drug-likeness (QED) is 0.568. The highest BCUT2D eigenvalue weighted by Gasteiger charge is 2.18. The van der Waals surface area contributed by atoms with Gasteiger partial charge in [-0.3, -0.25) is 0 Å². The molecule has 25 heavy (non-hydrogen) atoms. The fourth-order valence-corrected chi connectivity index (χ4v) is 2.70. The predicted octanol–water partition coefficient (Wildman–Crippen LogP) is 3.86. The first-order valence-electron chi connectivity index (χ1n) is 8.17. The van der Waals surface area contributed by atoms with E-state index in [2.05, 4.69) is 39.5 Å². The average Bonchev–Trinajstić information content (AvgIpc) is 3.29. The van der Waals surface area contributed by atoms with E-state index in [1.165, 1.54) is 5.56 Å². The lowest BCUT2D eigenvalue weighted by atomic mass is 10.1. The van der Waals surface area contributed by atoms with Crippen molar-refractivity contribution in [3.05, 3.63) is 65.9 Å². The summed E-state index contributed by atoms with van der Waals surface area (Å²) < 4.78 is 7.20. The molecule has 2 aromatic heterocycles. The van der Waals surface area contributed by atoms with Crippen LogP contribution in [-0.4, -0.2) is 25.1 Å². The van der Waals surface area contributed by atoms with Gasteiger partial charge in [-0.2, -0.15) is 4.98 Å². The van der Waals surface area contributed by atoms with Gasteiger partial charge in [-0.25, -0.2) is 4.68 Å². The Kier molecular flexibility index (Phi) is 3.85. The zero-order chi connectivity index (χ0) is 17.2. The minimum absolute atomic E-state index is 0.370. The van der Waals surface area contributed by atoms with E-state index < -0.39 is 0 Å². The minimum atomic E-state index is 0.370. The summed E-state index contributed by atoms with van der Waals surface area (Å²) in [5, 5.41) is 12.6. The lowest BCUT2D eigenvalue weighted by Crippen LogP contribution is -1.99. The summed E-state index contributed by atoms with van der Waals surface area (Å²) in [5.74, 6) is 0.909. The number of nitrogens with zero attached hydrogens (tertiary/aromatic N) is 5. The summed E-state index contributed by atoms with van der Waals surface area (Å²) in [7, 11) is 0. The Balaban J connectivity index is 1.71. The molecule has 2 aromatic carbocycles. The Bertz CT molecular complexity index is 1000. The molecule has 0 bridgehead atoms. The van der Waals surface area contributed by atoms with Crippen LogP contribution >= 0.6 is 0 Å². The molecule has 6 heteroatoms. The number of aryl methyl sites for hydroxylation is 1. The second-order valence-electron chi connectivity index (χ2n) is 5.75. The van der Waals surface area contributed by atoms with Crippen LogP contribution in [0.5, 0.6) is 0 Å². The molecule has 0 fully saturated rings. The van der Waals surface area contributed by atoms with E-state index in [4.69, 9.17) is 4.52 Å². The fourth-order valence-electron chi connectivity index (χ4n) is 2.70. The predicted molar refractivity (Wildman–Crippen MR) is 94.2 cm³/mol. The first-order chi connectivity index (χ1) is 12.3. The molecule has 0 saturated heterocycles. The largest absolute Gasteiger partial charge is 0.332 e. The molecular weight excluding hydrogens is 314 g/mol. The molecule has 0 radical (unpaired) electrons. The van der Waals surface area contributed by atoms with Crippen LogP contribution in [0.4, 0.5) is 0 Å². The monoisotopic (exact) mass is 331 g/mol. The van der Waals surface area contributed by atoms with Crippen LogP contribution in [0.1, 0.15) is 18.2 Å². The molecule has 6 nitrogen and oxygen atoms in total.